The molecule has 0 aliphatic carbocycles. The maximum Gasteiger partial charge on any atom is 0.490 e. The number of benzene rings is 3. The van der Waals surface area contributed by atoms with Gasteiger partial charge >= 0.3 is 12.1 Å². The number of hydrogen-bond acceptors (Lipinski definition) is 5. The molecule has 1 aliphatic rings. The van der Waals surface area contributed by atoms with Crippen molar-refractivity contribution in [3.8, 4) is 22.9 Å². The zero-order chi connectivity index (χ0) is 29.0. The second-order valence-corrected chi connectivity index (χ2v) is 9.17. The van der Waals surface area contributed by atoms with Crippen LogP contribution in [0.15, 0.2) is 78.9 Å². The van der Waals surface area contributed by atoms with Gasteiger partial charge in [-0.25, -0.2) is 4.79 Å². The van der Waals surface area contributed by atoms with E-state index in [1.165, 1.54) is 0 Å². The van der Waals surface area contributed by atoms with Gasteiger partial charge in [0.15, 0.2) is 0 Å². The molecule has 0 aromatic heterocycles. The van der Waals surface area contributed by atoms with Gasteiger partial charge in [0, 0.05) is 12.0 Å². The normalized spacial score (nSPS) is 15.5. The first-order valence-electron chi connectivity index (χ1n) is 12.8. The van der Waals surface area contributed by atoms with Gasteiger partial charge in [-0.1, -0.05) is 79.2 Å². The zero-order valence-electron chi connectivity index (χ0n) is 21.7. The van der Waals surface area contributed by atoms with Crippen LogP contribution in [0.5, 0.6) is 5.75 Å². The monoisotopic (exact) mass is 553 g/mol. The summed E-state index contributed by atoms with van der Waals surface area (Å²) in [7, 11) is 0. The van der Waals surface area contributed by atoms with Crippen molar-refractivity contribution < 1.29 is 32.6 Å². The van der Waals surface area contributed by atoms with Gasteiger partial charge < -0.3 is 20.5 Å². The summed E-state index contributed by atoms with van der Waals surface area (Å²) in [6.45, 7) is 1.36. The molecule has 1 fully saturated rings. The van der Waals surface area contributed by atoms with Gasteiger partial charge in [0.05, 0.1) is 12.1 Å². The van der Waals surface area contributed by atoms with E-state index in [1.807, 2.05) is 78.9 Å². The highest BCUT2D eigenvalue weighted by atomic mass is 19.4. The Balaban J connectivity index is 0.000000559. The lowest BCUT2D eigenvalue weighted by Gasteiger charge is -2.23. The molecule has 1 aliphatic heterocycles. The lowest BCUT2D eigenvalue weighted by Crippen LogP contribution is -2.49. The number of nitrogens with zero attached hydrogens (tertiary/aromatic N) is 1. The van der Waals surface area contributed by atoms with Crippen molar-refractivity contribution >= 4 is 11.9 Å². The number of piperidine rings is 1. The van der Waals surface area contributed by atoms with Gasteiger partial charge in [0.25, 0.3) is 0 Å². The number of carbonyl (C=O) groups excluding carboxylic acids is 1. The number of carboxylic acid groups (broad SMARTS) is 1. The molecule has 10 heteroatoms. The Labute approximate surface area is 230 Å². The molecular weight excluding hydrogens is 523 g/mol. The number of ether oxygens (including phenoxy) is 1. The van der Waals surface area contributed by atoms with Gasteiger partial charge in [-0.15, -0.1) is 0 Å². The second-order valence-electron chi connectivity index (χ2n) is 9.17. The van der Waals surface area contributed by atoms with Crippen LogP contribution < -0.4 is 15.4 Å². The topological polar surface area (TPSA) is 111 Å². The van der Waals surface area contributed by atoms with E-state index >= 15 is 0 Å². The van der Waals surface area contributed by atoms with Crippen LogP contribution in [0.4, 0.5) is 13.2 Å². The molecule has 1 saturated heterocycles. The summed E-state index contributed by atoms with van der Waals surface area (Å²) >= 11 is 0. The SMILES string of the molecule is N#C[C@H](Cc1ccc(-c2ccccc2OCc2ccccc2)cc1)NC(=O)[C@@H]1CCCCN1.O=C(O)C(F)(F)F. The predicted octanol–water partition coefficient (Wildman–Crippen LogP) is 5.26. The Kier molecular flexibility index (Phi) is 11.1. The van der Waals surface area contributed by atoms with E-state index < -0.39 is 18.2 Å². The minimum absolute atomic E-state index is 0.0811. The molecule has 2 atom stereocenters. The molecule has 1 heterocycles. The lowest BCUT2D eigenvalue weighted by atomic mass is 9.99. The summed E-state index contributed by atoms with van der Waals surface area (Å²) in [4.78, 5) is 21.4. The third-order valence-electron chi connectivity index (χ3n) is 6.17. The standard InChI is InChI=1S/C28H29N3O2.C2HF3O2/c29-19-24(31-28(32)26-11-6-7-17-30-26)18-21-13-15-23(16-14-21)25-10-4-5-12-27(25)33-20-22-8-2-1-3-9-22;3-2(4,5)1(6)7/h1-5,8-10,12-16,24,26,30H,6-7,11,17-18,20H2,(H,31,32);(H,6,7)/t24-,26-;/m0./s1. The Morgan fingerprint density at radius 2 is 1.65 bits per heavy atom. The third kappa shape index (κ3) is 9.43. The number of halogens is 3. The molecule has 0 saturated carbocycles. The molecule has 0 spiro atoms. The summed E-state index contributed by atoms with van der Waals surface area (Å²) in [5.74, 6) is -2.01. The van der Waals surface area contributed by atoms with E-state index in [1.54, 1.807) is 0 Å². The number of nitrogens with one attached hydrogen (secondary N) is 2. The fourth-order valence-electron chi connectivity index (χ4n) is 4.10. The molecule has 210 valence electrons. The minimum atomic E-state index is -5.08. The highest BCUT2D eigenvalue weighted by Gasteiger charge is 2.38. The van der Waals surface area contributed by atoms with E-state index in [0.717, 1.165) is 53.8 Å². The quantitative estimate of drug-likeness (QED) is 0.351. The van der Waals surface area contributed by atoms with Crippen LogP contribution in [-0.2, 0) is 22.6 Å². The predicted molar refractivity (Wildman–Crippen MR) is 143 cm³/mol. The van der Waals surface area contributed by atoms with Gasteiger partial charge in [0.2, 0.25) is 5.91 Å². The Morgan fingerprint density at radius 1 is 1.00 bits per heavy atom. The maximum absolute atomic E-state index is 12.5. The fourth-order valence-corrected chi connectivity index (χ4v) is 4.10. The highest BCUT2D eigenvalue weighted by molar-refractivity contribution is 5.82. The number of aliphatic carboxylic acids is 1. The van der Waals surface area contributed by atoms with Crippen molar-refractivity contribution in [3.05, 3.63) is 90.0 Å². The fraction of sp³-hybridized carbons (Fsp3) is 0.300. The van der Waals surface area contributed by atoms with Crippen molar-refractivity contribution in [2.45, 2.75) is 50.6 Å². The number of para-hydroxylation sites is 1. The Hall–Kier alpha value is -4.36. The summed E-state index contributed by atoms with van der Waals surface area (Å²) in [6.07, 6.45) is -1.65. The number of hydrogen-bond donors (Lipinski definition) is 3. The summed E-state index contributed by atoms with van der Waals surface area (Å²) < 4.78 is 37.8. The number of alkyl halides is 3. The van der Waals surface area contributed by atoms with Crippen LogP contribution in [0.2, 0.25) is 0 Å². The first-order chi connectivity index (χ1) is 19.2. The first kappa shape index (κ1) is 30.2. The molecule has 7 nitrogen and oxygen atoms in total. The molecule has 4 rings (SSSR count). The number of carbonyl (C=O) groups is 2. The molecule has 1 amide bonds. The number of nitriles is 1. The molecule has 0 bridgehead atoms. The Morgan fingerprint density at radius 3 is 2.25 bits per heavy atom. The second kappa shape index (κ2) is 14.7. The summed E-state index contributed by atoms with van der Waals surface area (Å²) in [6, 6.07) is 27.7. The summed E-state index contributed by atoms with van der Waals surface area (Å²) in [5.41, 5.74) is 4.19. The van der Waals surface area contributed by atoms with E-state index in [-0.39, 0.29) is 11.9 Å². The van der Waals surface area contributed by atoms with Crippen LogP contribution in [-0.4, -0.2) is 41.8 Å². The van der Waals surface area contributed by atoms with Crippen LogP contribution >= 0.6 is 0 Å². The largest absolute Gasteiger partial charge is 0.490 e. The van der Waals surface area contributed by atoms with Crippen LogP contribution in [0.1, 0.15) is 30.4 Å². The van der Waals surface area contributed by atoms with Gasteiger partial charge in [0.1, 0.15) is 18.4 Å². The van der Waals surface area contributed by atoms with Crippen molar-refractivity contribution in [2.24, 2.45) is 0 Å². The third-order valence-corrected chi connectivity index (χ3v) is 6.17. The van der Waals surface area contributed by atoms with E-state index in [4.69, 9.17) is 14.6 Å². The van der Waals surface area contributed by atoms with E-state index in [2.05, 4.69) is 16.7 Å². The molecule has 3 N–H and O–H groups in total. The van der Waals surface area contributed by atoms with Crippen molar-refractivity contribution in [1.82, 2.24) is 10.6 Å². The van der Waals surface area contributed by atoms with Gasteiger partial charge in [-0.3, -0.25) is 4.79 Å². The summed E-state index contributed by atoms with van der Waals surface area (Å²) in [5, 5.41) is 22.8. The average Bonchev–Trinajstić information content (AvgIpc) is 2.97. The van der Waals surface area contributed by atoms with E-state index in [0.29, 0.717) is 13.0 Å². The molecule has 40 heavy (non-hydrogen) atoms. The Bertz CT molecular complexity index is 1290. The van der Waals surface area contributed by atoms with Crippen LogP contribution in [0.25, 0.3) is 11.1 Å². The van der Waals surface area contributed by atoms with Crippen molar-refractivity contribution in [2.75, 3.05) is 6.54 Å². The highest BCUT2D eigenvalue weighted by Crippen LogP contribution is 2.30. The molecular formula is C30H30F3N3O4. The number of rotatable bonds is 8. The van der Waals surface area contributed by atoms with Crippen LogP contribution in [0, 0.1) is 11.3 Å². The minimum Gasteiger partial charge on any atom is -0.488 e. The lowest BCUT2D eigenvalue weighted by molar-refractivity contribution is -0.192. The smallest absolute Gasteiger partial charge is 0.488 e. The average molecular weight is 554 g/mol. The van der Waals surface area contributed by atoms with Crippen molar-refractivity contribution in [3.63, 3.8) is 0 Å². The zero-order valence-corrected chi connectivity index (χ0v) is 21.7. The molecule has 3 aromatic carbocycles. The first-order valence-corrected chi connectivity index (χ1v) is 12.8. The molecule has 0 radical (unpaired) electrons. The molecule has 0 unspecified atom stereocenters. The van der Waals surface area contributed by atoms with Crippen LogP contribution in [0.3, 0.4) is 0 Å². The maximum atomic E-state index is 12.5. The number of amides is 1. The number of carboxylic acids is 1. The van der Waals surface area contributed by atoms with Gasteiger partial charge in [-0.05, 0) is 42.1 Å². The van der Waals surface area contributed by atoms with Gasteiger partial charge in [-0.2, -0.15) is 18.4 Å². The van der Waals surface area contributed by atoms with Crippen molar-refractivity contribution in [1.29, 1.82) is 5.26 Å². The van der Waals surface area contributed by atoms with E-state index in [9.17, 15) is 23.2 Å². The molecule has 3 aromatic rings.